The molecule has 108 valence electrons. The Kier molecular flexibility index (Phi) is 4.15. The third-order valence-electron chi connectivity index (χ3n) is 3.01. The third kappa shape index (κ3) is 3.52. The molecular formula is C17H15N5. The van der Waals surface area contributed by atoms with Gasteiger partial charge in [0.05, 0.1) is 11.9 Å². The second-order valence-electron chi connectivity index (χ2n) is 4.70. The second-order valence-corrected chi connectivity index (χ2v) is 4.70. The number of hydrogen-bond acceptors (Lipinski definition) is 5. The van der Waals surface area contributed by atoms with E-state index in [0.29, 0.717) is 11.6 Å². The minimum absolute atomic E-state index is 0.664. The lowest BCUT2D eigenvalue weighted by molar-refractivity contribution is 1.05. The summed E-state index contributed by atoms with van der Waals surface area (Å²) in [7, 11) is 0. The van der Waals surface area contributed by atoms with Gasteiger partial charge in [-0.05, 0) is 24.6 Å². The highest BCUT2D eigenvalue weighted by molar-refractivity contribution is 5.79. The second kappa shape index (κ2) is 6.58. The molecule has 2 heterocycles. The summed E-state index contributed by atoms with van der Waals surface area (Å²) in [5, 5.41) is 4.19. The first kappa shape index (κ1) is 13.9. The summed E-state index contributed by atoms with van der Waals surface area (Å²) in [6, 6.07) is 15.6. The van der Waals surface area contributed by atoms with E-state index in [1.165, 1.54) is 0 Å². The molecule has 5 heteroatoms. The van der Waals surface area contributed by atoms with Crippen LogP contribution in [0.2, 0.25) is 0 Å². The fourth-order valence-corrected chi connectivity index (χ4v) is 2.00. The Morgan fingerprint density at radius 1 is 1.00 bits per heavy atom. The summed E-state index contributed by atoms with van der Waals surface area (Å²) in [5.41, 5.74) is 5.83. The maximum absolute atomic E-state index is 4.46. The number of pyridine rings is 1. The van der Waals surface area contributed by atoms with Gasteiger partial charge in [0.1, 0.15) is 11.6 Å². The number of anilines is 1. The lowest BCUT2D eigenvalue weighted by atomic mass is 10.1. The van der Waals surface area contributed by atoms with Gasteiger partial charge < -0.3 is 0 Å². The van der Waals surface area contributed by atoms with Crippen LogP contribution in [0.1, 0.15) is 11.4 Å². The summed E-state index contributed by atoms with van der Waals surface area (Å²) in [4.78, 5) is 12.8. The zero-order valence-electron chi connectivity index (χ0n) is 12.1. The smallest absolute Gasteiger partial charge is 0.150 e. The monoisotopic (exact) mass is 289 g/mol. The summed E-state index contributed by atoms with van der Waals surface area (Å²) in [5.74, 6) is 1.36. The molecule has 3 rings (SSSR count). The number of hydrogen-bond donors (Lipinski definition) is 1. The maximum atomic E-state index is 4.46. The van der Waals surface area contributed by atoms with Crippen molar-refractivity contribution in [2.45, 2.75) is 6.92 Å². The normalized spacial score (nSPS) is 10.8. The van der Waals surface area contributed by atoms with Gasteiger partial charge in [-0.15, -0.1) is 0 Å². The molecule has 1 N–H and O–H groups in total. The van der Waals surface area contributed by atoms with E-state index in [1.54, 1.807) is 18.6 Å². The molecule has 0 saturated heterocycles. The van der Waals surface area contributed by atoms with Crippen molar-refractivity contribution in [2.24, 2.45) is 5.10 Å². The highest BCUT2D eigenvalue weighted by Gasteiger charge is 2.03. The summed E-state index contributed by atoms with van der Waals surface area (Å²) >= 11 is 0. The standard InChI is InChI=1S/C17H15N5/c1-13-20-16(15-5-3-2-4-6-15)11-17(21-13)22-19-12-14-7-9-18-10-8-14/h2-12H,1H3,(H,20,21,22)/b19-12+. The molecule has 0 saturated carbocycles. The lowest BCUT2D eigenvalue weighted by Crippen LogP contribution is -1.98. The van der Waals surface area contributed by atoms with E-state index in [9.17, 15) is 0 Å². The molecule has 5 nitrogen and oxygen atoms in total. The highest BCUT2D eigenvalue weighted by Crippen LogP contribution is 2.19. The fourth-order valence-electron chi connectivity index (χ4n) is 2.00. The van der Waals surface area contributed by atoms with E-state index in [2.05, 4.69) is 25.5 Å². The van der Waals surface area contributed by atoms with Gasteiger partial charge in [-0.1, -0.05) is 30.3 Å². The van der Waals surface area contributed by atoms with Crippen molar-refractivity contribution in [3.05, 3.63) is 72.3 Å². The number of nitrogens with one attached hydrogen (secondary N) is 1. The van der Waals surface area contributed by atoms with E-state index >= 15 is 0 Å². The first-order chi connectivity index (χ1) is 10.8. The quantitative estimate of drug-likeness (QED) is 0.591. The van der Waals surface area contributed by atoms with Gasteiger partial charge >= 0.3 is 0 Å². The van der Waals surface area contributed by atoms with Gasteiger partial charge in [0.25, 0.3) is 0 Å². The number of aromatic nitrogens is 3. The number of hydrazone groups is 1. The van der Waals surface area contributed by atoms with Crippen molar-refractivity contribution >= 4 is 12.0 Å². The average Bonchev–Trinajstić information content (AvgIpc) is 2.56. The number of nitrogens with zero attached hydrogens (tertiary/aromatic N) is 4. The van der Waals surface area contributed by atoms with Gasteiger partial charge in [0.15, 0.2) is 0 Å². The summed E-state index contributed by atoms with van der Waals surface area (Å²) in [6.07, 6.45) is 5.18. The predicted octanol–water partition coefficient (Wildman–Crippen LogP) is 3.29. The Hall–Kier alpha value is -3.08. The molecule has 0 unspecified atom stereocenters. The van der Waals surface area contributed by atoms with Gasteiger partial charge in [-0.3, -0.25) is 10.4 Å². The molecule has 0 fully saturated rings. The topological polar surface area (TPSA) is 63.1 Å². The van der Waals surface area contributed by atoms with Crippen LogP contribution in [-0.2, 0) is 0 Å². The Balaban J connectivity index is 1.80. The highest BCUT2D eigenvalue weighted by atomic mass is 15.3. The van der Waals surface area contributed by atoms with E-state index in [-0.39, 0.29) is 0 Å². The van der Waals surface area contributed by atoms with Crippen LogP contribution in [0.25, 0.3) is 11.3 Å². The molecule has 0 amide bonds. The molecular weight excluding hydrogens is 274 g/mol. The zero-order valence-corrected chi connectivity index (χ0v) is 12.1. The molecule has 0 aliphatic heterocycles. The Labute approximate surface area is 128 Å². The Bertz CT molecular complexity index is 770. The van der Waals surface area contributed by atoms with Gasteiger partial charge in [0.2, 0.25) is 0 Å². The average molecular weight is 289 g/mol. The number of benzene rings is 1. The number of aryl methyl sites for hydroxylation is 1. The van der Waals surface area contributed by atoms with Crippen LogP contribution in [0.5, 0.6) is 0 Å². The molecule has 22 heavy (non-hydrogen) atoms. The molecule has 0 atom stereocenters. The van der Waals surface area contributed by atoms with Crippen molar-refractivity contribution in [3.63, 3.8) is 0 Å². The van der Waals surface area contributed by atoms with Gasteiger partial charge in [-0.2, -0.15) is 5.10 Å². The van der Waals surface area contributed by atoms with Crippen molar-refractivity contribution in [1.82, 2.24) is 15.0 Å². The molecule has 0 bridgehead atoms. The third-order valence-corrected chi connectivity index (χ3v) is 3.01. The van der Waals surface area contributed by atoms with Crippen LogP contribution in [-0.4, -0.2) is 21.2 Å². The first-order valence-corrected chi connectivity index (χ1v) is 6.91. The van der Waals surface area contributed by atoms with Gasteiger partial charge in [-0.25, -0.2) is 9.97 Å². The fraction of sp³-hybridized carbons (Fsp3) is 0.0588. The van der Waals surface area contributed by atoms with Crippen molar-refractivity contribution < 1.29 is 0 Å². The maximum Gasteiger partial charge on any atom is 0.150 e. The largest absolute Gasteiger partial charge is 0.265 e. The van der Waals surface area contributed by atoms with E-state index in [4.69, 9.17) is 0 Å². The summed E-state index contributed by atoms with van der Waals surface area (Å²) < 4.78 is 0. The van der Waals surface area contributed by atoms with Crippen LogP contribution < -0.4 is 5.43 Å². The van der Waals surface area contributed by atoms with Crippen molar-refractivity contribution in [3.8, 4) is 11.3 Å². The van der Waals surface area contributed by atoms with Crippen LogP contribution in [0.15, 0.2) is 66.0 Å². The zero-order chi connectivity index (χ0) is 15.2. The first-order valence-electron chi connectivity index (χ1n) is 6.91. The molecule has 0 radical (unpaired) electrons. The predicted molar refractivity (Wildman–Crippen MR) is 87.7 cm³/mol. The van der Waals surface area contributed by atoms with E-state index in [0.717, 1.165) is 16.8 Å². The van der Waals surface area contributed by atoms with Crippen LogP contribution in [0, 0.1) is 6.92 Å². The van der Waals surface area contributed by atoms with Crippen molar-refractivity contribution in [2.75, 3.05) is 5.43 Å². The molecule has 0 aliphatic rings. The summed E-state index contributed by atoms with van der Waals surface area (Å²) in [6.45, 7) is 1.87. The van der Waals surface area contributed by atoms with E-state index in [1.807, 2.05) is 55.5 Å². The van der Waals surface area contributed by atoms with Crippen LogP contribution in [0.3, 0.4) is 0 Å². The molecule has 3 aromatic rings. The molecule has 1 aromatic carbocycles. The van der Waals surface area contributed by atoms with Crippen LogP contribution in [0.4, 0.5) is 5.82 Å². The molecule has 0 aliphatic carbocycles. The molecule has 2 aromatic heterocycles. The van der Waals surface area contributed by atoms with E-state index < -0.39 is 0 Å². The SMILES string of the molecule is Cc1nc(N/N=C/c2ccncc2)cc(-c2ccccc2)n1. The molecule has 0 spiro atoms. The minimum atomic E-state index is 0.664. The van der Waals surface area contributed by atoms with Gasteiger partial charge in [0, 0.05) is 24.0 Å². The van der Waals surface area contributed by atoms with Crippen LogP contribution >= 0.6 is 0 Å². The minimum Gasteiger partial charge on any atom is -0.265 e. The van der Waals surface area contributed by atoms with Crippen molar-refractivity contribution in [1.29, 1.82) is 0 Å². The number of rotatable bonds is 4. The lowest BCUT2D eigenvalue weighted by Gasteiger charge is -2.05. The Morgan fingerprint density at radius 2 is 1.77 bits per heavy atom. The Morgan fingerprint density at radius 3 is 2.55 bits per heavy atom.